The first kappa shape index (κ1) is 23.4. The van der Waals surface area contributed by atoms with E-state index in [-0.39, 0.29) is 63.2 Å². The Hall–Kier alpha value is -1.81. The van der Waals surface area contributed by atoms with E-state index in [1.165, 1.54) is 11.0 Å². The summed E-state index contributed by atoms with van der Waals surface area (Å²) in [7, 11) is 0. The van der Waals surface area contributed by atoms with Gasteiger partial charge in [-0.05, 0) is 44.1 Å². The normalized spacial score (nSPS) is 30.7. The Kier molecular flexibility index (Phi) is 6.72. The van der Waals surface area contributed by atoms with Crippen LogP contribution in [0.1, 0.15) is 37.7 Å². The fourth-order valence-electron chi connectivity index (χ4n) is 5.47. The van der Waals surface area contributed by atoms with E-state index in [0.717, 1.165) is 6.42 Å². The Morgan fingerprint density at radius 1 is 1.12 bits per heavy atom. The van der Waals surface area contributed by atoms with Gasteiger partial charge >= 0.3 is 0 Å². The molecule has 1 aliphatic heterocycles. The average molecular weight is 571 g/mol. The maximum absolute atomic E-state index is 12.9. The number of alkyl halides is 2. The molecule has 3 aliphatic rings. The SMILES string of the molecule is Cc1ccc(NC(=O)CCCCCN2C(=O)[C@H]3[C@H]4C[C@@H]([C@@H](Br)[C@@H]4Br)[C@@H]3C2=O)cc1[N+](=O)[O-]. The number of rotatable bonds is 8. The number of nitro groups is 1. The number of nitro benzene ring substituents is 1. The van der Waals surface area contributed by atoms with Gasteiger partial charge in [0, 0.05) is 39.9 Å². The van der Waals surface area contributed by atoms with E-state index in [0.29, 0.717) is 37.1 Å². The molecule has 1 heterocycles. The zero-order valence-electron chi connectivity index (χ0n) is 17.6. The molecule has 172 valence electrons. The van der Waals surface area contributed by atoms with E-state index in [2.05, 4.69) is 37.2 Å². The molecule has 1 aromatic carbocycles. The molecule has 0 unspecified atom stereocenters. The first-order chi connectivity index (χ1) is 15.2. The van der Waals surface area contributed by atoms with Crippen LogP contribution in [0.2, 0.25) is 0 Å². The highest BCUT2D eigenvalue weighted by Crippen LogP contribution is 2.60. The highest BCUT2D eigenvalue weighted by Gasteiger charge is 2.66. The van der Waals surface area contributed by atoms with Crippen LogP contribution < -0.4 is 5.32 Å². The van der Waals surface area contributed by atoms with Gasteiger partial charge in [-0.15, -0.1) is 0 Å². The van der Waals surface area contributed by atoms with Gasteiger partial charge in [-0.1, -0.05) is 44.3 Å². The summed E-state index contributed by atoms with van der Waals surface area (Å²) in [6.07, 6.45) is 3.18. The number of unbranched alkanes of at least 4 members (excludes halogenated alkanes) is 2. The number of nitrogens with one attached hydrogen (secondary N) is 1. The van der Waals surface area contributed by atoms with Gasteiger partial charge in [-0.2, -0.15) is 0 Å². The summed E-state index contributed by atoms with van der Waals surface area (Å²) >= 11 is 7.38. The molecule has 3 fully saturated rings. The van der Waals surface area contributed by atoms with Gasteiger partial charge in [0.05, 0.1) is 16.8 Å². The molecule has 6 atom stereocenters. The topological polar surface area (TPSA) is 110 Å². The molecule has 1 saturated heterocycles. The highest BCUT2D eigenvalue weighted by molar-refractivity contribution is 9.12. The highest BCUT2D eigenvalue weighted by atomic mass is 79.9. The Labute approximate surface area is 202 Å². The zero-order chi connectivity index (χ0) is 23.2. The summed E-state index contributed by atoms with van der Waals surface area (Å²) in [5, 5.41) is 13.7. The lowest BCUT2D eigenvalue weighted by Gasteiger charge is -2.28. The molecule has 2 saturated carbocycles. The maximum atomic E-state index is 12.9. The average Bonchev–Trinajstić information content (AvgIpc) is 3.35. The monoisotopic (exact) mass is 569 g/mol. The number of hydrogen-bond donors (Lipinski definition) is 1. The van der Waals surface area contributed by atoms with E-state index in [9.17, 15) is 24.5 Å². The van der Waals surface area contributed by atoms with Crippen molar-refractivity contribution in [2.75, 3.05) is 11.9 Å². The largest absolute Gasteiger partial charge is 0.326 e. The van der Waals surface area contributed by atoms with E-state index in [1.807, 2.05) is 0 Å². The first-order valence-electron chi connectivity index (χ1n) is 10.9. The summed E-state index contributed by atoms with van der Waals surface area (Å²) in [5.74, 6) is -0.210. The van der Waals surface area contributed by atoms with E-state index in [1.54, 1.807) is 19.1 Å². The number of nitrogens with zero attached hydrogens (tertiary/aromatic N) is 2. The van der Waals surface area contributed by atoms with Crippen LogP contribution in [0.4, 0.5) is 11.4 Å². The molecular formula is C22H25Br2N3O5. The van der Waals surface area contributed by atoms with Gasteiger partial charge in [-0.25, -0.2) is 0 Å². The number of hydrogen-bond acceptors (Lipinski definition) is 5. The lowest BCUT2D eigenvalue weighted by molar-refractivity contribution is -0.385. The third-order valence-electron chi connectivity index (χ3n) is 7.05. The number of anilines is 1. The van der Waals surface area contributed by atoms with Crippen LogP contribution in [0.15, 0.2) is 18.2 Å². The van der Waals surface area contributed by atoms with E-state index in [4.69, 9.17) is 0 Å². The first-order valence-corrected chi connectivity index (χ1v) is 12.7. The Bertz CT molecular complexity index is 939. The molecule has 1 N–H and O–H groups in total. The number of aryl methyl sites for hydroxylation is 1. The molecule has 1 aromatic rings. The van der Waals surface area contributed by atoms with Gasteiger partial charge in [0.25, 0.3) is 5.69 Å². The molecule has 32 heavy (non-hydrogen) atoms. The number of benzene rings is 1. The van der Waals surface area contributed by atoms with Crippen LogP contribution in [-0.4, -0.2) is 43.7 Å². The Morgan fingerprint density at radius 3 is 2.34 bits per heavy atom. The second-order valence-electron chi connectivity index (χ2n) is 8.95. The fourth-order valence-corrected chi connectivity index (χ4v) is 7.34. The van der Waals surface area contributed by atoms with E-state index >= 15 is 0 Å². The zero-order valence-corrected chi connectivity index (χ0v) is 20.8. The Morgan fingerprint density at radius 2 is 1.75 bits per heavy atom. The van der Waals surface area contributed by atoms with Crippen LogP contribution in [-0.2, 0) is 14.4 Å². The molecule has 10 heteroatoms. The molecule has 3 amide bonds. The van der Waals surface area contributed by atoms with Crippen LogP contribution >= 0.6 is 31.9 Å². The van der Waals surface area contributed by atoms with Crippen molar-refractivity contribution < 1.29 is 19.3 Å². The summed E-state index contributed by atoms with van der Waals surface area (Å²) in [5.41, 5.74) is 0.907. The van der Waals surface area contributed by atoms with Crippen molar-refractivity contribution in [1.29, 1.82) is 0 Å². The number of amides is 3. The van der Waals surface area contributed by atoms with Gasteiger partial charge < -0.3 is 5.32 Å². The smallest absolute Gasteiger partial charge is 0.274 e. The van der Waals surface area contributed by atoms with Crippen molar-refractivity contribution in [1.82, 2.24) is 4.90 Å². The van der Waals surface area contributed by atoms with Crippen LogP contribution in [0.5, 0.6) is 0 Å². The van der Waals surface area contributed by atoms with Crippen molar-refractivity contribution in [3.05, 3.63) is 33.9 Å². The molecular weight excluding hydrogens is 546 g/mol. The fraction of sp³-hybridized carbons (Fsp3) is 0.591. The van der Waals surface area contributed by atoms with Crippen molar-refractivity contribution in [3.8, 4) is 0 Å². The summed E-state index contributed by atoms with van der Waals surface area (Å²) in [4.78, 5) is 50.4. The predicted molar refractivity (Wildman–Crippen MR) is 126 cm³/mol. The maximum Gasteiger partial charge on any atom is 0.274 e. The molecule has 0 radical (unpaired) electrons. The number of carbonyl (C=O) groups excluding carboxylic acids is 3. The van der Waals surface area contributed by atoms with Crippen LogP contribution in [0, 0.1) is 40.7 Å². The van der Waals surface area contributed by atoms with Gasteiger partial charge in [0.2, 0.25) is 17.7 Å². The van der Waals surface area contributed by atoms with E-state index < -0.39 is 4.92 Å². The molecule has 0 aromatic heterocycles. The molecule has 4 rings (SSSR count). The number of fused-ring (bicyclic) bond motifs is 5. The summed E-state index contributed by atoms with van der Waals surface area (Å²) < 4.78 is 0. The van der Waals surface area contributed by atoms with Crippen molar-refractivity contribution >= 4 is 61.0 Å². The third-order valence-corrected chi connectivity index (χ3v) is 10.3. The lowest BCUT2D eigenvalue weighted by atomic mass is 9.81. The standard InChI is InChI=1S/C22H25Br2N3O5/c1-11-6-7-12(9-15(11)27(31)32)25-16(28)5-3-2-4-8-26-21(29)17-13-10-14(18(17)22(26)30)20(24)19(13)23/h6-7,9,13-14,17-20H,2-5,8,10H2,1H3,(H,25,28)/t13-,14-,17+,18+,19-,20-/m1/s1. The molecule has 8 nitrogen and oxygen atoms in total. The minimum absolute atomic E-state index is 0.0292. The number of likely N-dealkylation sites (tertiary alicyclic amines) is 1. The van der Waals surface area contributed by atoms with Crippen molar-refractivity contribution in [2.24, 2.45) is 23.7 Å². The number of imide groups is 1. The summed E-state index contributed by atoms with van der Waals surface area (Å²) in [6.45, 7) is 2.05. The Balaban J connectivity index is 1.21. The molecule has 0 spiro atoms. The second kappa shape index (κ2) is 9.21. The van der Waals surface area contributed by atoms with Gasteiger partial charge in [-0.3, -0.25) is 29.4 Å². The quantitative estimate of drug-likeness (QED) is 0.166. The molecule has 2 aliphatic carbocycles. The van der Waals surface area contributed by atoms with Gasteiger partial charge in [0.15, 0.2) is 0 Å². The van der Waals surface area contributed by atoms with Crippen molar-refractivity contribution in [2.45, 2.75) is 48.7 Å². The summed E-state index contributed by atoms with van der Waals surface area (Å²) in [6, 6.07) is 4.61. The molecule has 2 bridgehead atoms. The van der Waals surface area contributed by atoms with Crippen LogP contribution in [0.3, 0.4) is 0 Å². The third kappa shape index (κ3) is 4.11. The minimum atomic E-state index is -0.471. The second-order valence-corrected chi connectivity index (χ2v) is 11.1. The lowest BCUT2D eigenvalue weighted by Crippen LogP contribution is -2.37. The minimum Gasteiger partial charge on any atom is -0.326 e. The predicted octanol–water partition coefficient (Wildman–Crippen LogP) is 4.18. The number of carbonyl (C=O) groups is 3. The number of halogens is 2. The van der Waals surface area contributed by atoms with Crippen LogP contribution in [0.25, 0.3) is 0 Å². The van der Waals surface area contributed by atoms with Gasteiger partial charge in [0.1, 0.15) is 0 Å². The van der Waals surface area contributed by atoms with Crippen molar-refractivity contribution in [3.63, 3.8) is 0 Å².